The molecule has 2 N–H and O–H groups in total. The largest absolute Gasteiger partial charge is 0.477 e. The Morgan fingerprint density at radius 3 is 2.77 bits per heavy atom. The SMILES string of the molecule is CCNC(=NCc1ccnc(OCC2CC2)c1)NCc1ccccc1Cn1cccn1. The molecule has 1 saturated carbocycles. The molecule has 0 radical (unpaired) electrons. The summed E-state index contributed by atoms with van der Waals surface area (Å²) >= 11 is 0. The van der Waals surface area contributed by atoms with Crippen molar-refractivity contribution in [3.05, 3.63) is 77.7 Å². The zero-order valence-corrected chi connectivity index (χ0v) is 18.0. The molecule has 2 heterocycles. The van der Waals surface area contributed by atoms with Crippen LogP contribution in [0.4, 0.5) is 0 Å². The quantitative estimate of drug-likeness (QED) is 0.390. The van der Waals surface area contributed by atoms with Gasteiger partial charge < -0.3 is 15.4 Å². The maximum absolute atomic E-state index is 5.79. The Balaban J connectivity index is 1.37. The zero-order valence-electron chi connectivity index (χ0n) is 18.0. The Morgan fingerprint density at radius 1 is 1.13 bits per heavy atom. The molecule has 0 spiro atoms. The van der Waals surface area contributed by atoms with Crippen molar-refractivity contribution in [2.45, 2.75) is 39.4 Å². The van der Waals surface area contributed by atoms with Gasteiger partial charge in [-0.1, -0.05) is 24.3 Å². The normalized spacial score (nSPS) is 13.8. The first-order valence-corrected chi connectivity index (χ1v) is 10.9. The van der Waals surface area contributed by atoms with Gasteiger partial charge >= 0.3 is 0 Å². The molecule has 0 unspecified atom stereocenters. The lowest BCUT2D eigenvalue weighted by atomic mass is 10.1. The minimum absolute atomic E-state index is 0.562. The van der Waals surface area contributed by atoms with Crippen LogP contribution in [0, 0.1) is 5.92 Å². The molecular formula is C24H30N6O. The van der Waals surface area contributed by atoms with Gasteiger partial charge in [-0.3, -0.25) is 4.68 Å². The van der Waals surface area contributed by atoms with Gasteiger partial charge in [-0.25, -0.2) is 9.98 Å². The fraction of sp³-hybridized carbons (Fsp3) is 0.375. The predicted molar refractivity (Wildman–Crippen MR) is 122 cm³/mol. The lowest BCUT2D eigenvalue weighted by molar-refractivity contribution is 0.288. The minimum atomic E-state index is 0.562. The lowest BCUT2D eigenvalue weighted by Crippen LogP contribution is -2.37. The number of hydrogen-bond donors (Lipinski definition) is 2. The van der Waals surface area contributed by atoms with Crippen LogP contribution in [0.25, 0.3) is 0 Å². The lowest BCUT2D eigenvalue weighted by Gasteiger charge is -2.14. The van der Waals surface area contributed by atoms with E-state index >= 15 is 0 Å². The smallest absolute Gasteiger partial charge is 0.213 e. The van der Waals surface area contributed by atoms with Gasteiger partial charge in [0.25, 0.3) is 0 Å². The standard InChI is InChI=1S/C24H30N6O/c1-2-25-24(27-15-20-10-12-26-23(14-20)31-18-19-8-9-19)28-16-21-6-3-4-7-22(21)17-30-13-5-11-29-30/h3-7,10-14,19H,2,8-9,15-18H2,1H3,(H2,25,27,28). The second-order valence-corrected chi connectivity index (χ2v) is 7.78. The topological polar surface area (TPSA) is 76.4 Å². The van der Waals surface area contributed by atoms with Gasteiger partial charge in [0.05, 0.1) is 19.7 Å². The van der Waals surface area contributed by atoms with E-state index in [4.69, 9.17) is 9.73 Å². The van der Waals surface area contributed by atoms with E-state index < -0.39 is 0 Å². The van der Waals surface area contributed by atoms with Gasteiger partial charge in [0.15, 0.2) is 5.96 Å². The summed E-state index contributed by atoms with van der Waals surface area (Å²) in [5, 5.41) is 11.1. The molecule has 0 saturated heterocycles. The molecule has 0 amide bonds. The molecule has 1 aliphatic carbocycles. The Kier molecular flexibility index (Phi) is 7.16. The maximum Gasteiger partial charge on any atom is 0.213 e. The van der Waals surface area contributed by atoms with Crippen LogP contribution in [0.15, 0.2) is 66.0 Å². The van der Waals surface area contributed by atoms with Gasteiger partial charge in [0.1, 0.15) is 0 Å². The third-order valence-electron chi connectivity index (χ3n) is 5.18. The fourth-order valence-electron chi connectivity index (χ4n) is 3.26. The van der Waals surface area contributed by atoms with Gasteiger partial charge in [-0.2, -0.15) is 5.10 Å². The van der Waals surface area contributed by atoms with Crippen molar-refractivity contribution in [2.24, 2.45) is 10.9 Å². The molecule has 0 aliphatic heterocycles. The van der Waals surface area contributed by atoms with Crippen molar-refractivity contribution < 1.29 is 4.74 Å². The van der Waals surface area contributed by atoms with Gasteiger partial charge in [0.2, 0.25) is 5.88 Å². The minimum Gasteiger partial charge on any atom is -0.477 e. The Bertz CT molecular complexity index is 981. The van der Waals surface area contributed by atoms with Crippen molar-refractivity contribution in [2.75, 3.05) is 13.2 Å². The molecule has 7 nitrogen and oxygen atoms in total. The number of benzene rings is 1. The van der Waals surface area contributed by atoms with Crippen LogP contribution >= 0.6 is 0 Å². The van der Waals surface area contributed by atoms with Crippen LogP contribution in [0.2, 0.25) is 0 Å². The van der Waals surface area contributed by atoms with E-state index in [0.29, 0.717) is 24.9 Å². The van der Waals surface area contributed by atoms with Gasteiger partial charge in [-0.05, 0) is 54.5 Å². The van der Waals surface area contributed by atoms with Crippen LogP contribution < -0.4 is 15.4 Å². The molecule has 7 heteroatoms. The van der Waals surface area contributed by atoms with E-state index in [1.54, 1.807) is 12.4 Å². The van der Waals surface area contributed by atoms with Gasteiger partial charge in [0, 0.05) is 37.7 Å². The molecule has 1 fully saturated rings. The first-order chi connectivity index (χ1) is 15.3. The van der Waals surface area contributed by atoms with Crippen molar-refractivity contribution in [3.8, 4) is 5.88 Å². The number of nitrogens with zero attached hydrogens (tertiary/aromatic N) is 4. The van der Waals surface area contributed by atoms with E-state index in [1.165, 1.54) is 24.0 Å². The average molecular weight is 419 g/mol. The Morgan fingerprint density at radius 2 is 2.00 bits per heavy atom. The third kappa shape index (κ3) is 6.57. The number of pyridine rings is 1. The molecule has 162 valence electrons. The van der Waals surface area contributed by atoms with Crippen molar-refractivity contribution >= 4 is 5.96 Å². The fourth-order valence-corrected chi connectivity index (χ4v) is 3.26. The van der Waals surface area contributed by atoms with Crippen LogP contribution in [0.3, 0.4) is 0 Å². The summed E-state index contributed by atoms with van der Waals surface area (Å²) in [4.78, 5) is 9.06. The summed E-state index contributed by atoms with van der Waals surface area (Å²) in [7, 11) is 0. The molecule has 31 heavy (non-hydrogen) atoms. The van der Waals surface area contributed by atoms with Gasteiger partial charge in [-0.15, -0.1) is 0 Å². The molecule has 2 aromatic heterocycles. The van der Waals surface area contributed by atoms with E-state index in [2.05, 4.69) is 51.9 Å². The highest BCUT2D eigenvalue weighted by molar-refractivity contribution is 5.79. The first kappa shape index (κ1) is 20.9. The summed E-state index contributed by atoms with van der Waals surface area (Å²) in [5.74, 6) is 2.18. The van der Waals surface area contributed by atoms with Crippen LogP contribution in [0.1, 0.15) is 36.5 Å². The average Bonchev–Trinajstić information content (AvgIpc) is 3.49. The number of aromatic nitrogens is 3. The van der Waals surface area contributed by atoms with Crippen molar-refractivity contribution in [1.82, 2.24) is 25.4 Å². The number of rotatable bonds is 10. The summed E-state index contributed by atoms with van der Waals surface area (Å²) < 4.78 is 7.72. The highest BCUT2D eigenvalue weighted by Gasteiger charge is 2.22. The van der Waals surface area contributed by atoms with Crippen LogP contribution in [0.5, 0.6) is 5.88 Å². The molecule has 4 rings (SSSR count). The number of ether oxygens (including phenoxy) is 1. The second-order valence-electron chi connectivity index (χ2n) is 7.78. The monoisotopic (exact) mass is 418 g/mol. The zero-order chi connectivity index (χ0) is 21.3. The van der Waals surface area contributed by atoms with Crippen molar-refractivity contribution in [3.63, 3.8) is 0 Å². The number of aliphatic imine (C=N–C) groups is 1. The predicted octanol–water partition coefficient (Wildman–Crippen LogP) is 3.37. The van der Waals surface area contributed by atoms with E-state index in [-0.39, 0.29) is 0 Å². The molecule has 3 aromatic rings. The number of guanidine groups is 1. The highest BCUT2D eigenvalue weighted by Crippen LogP contribution is 2.29. The molecular weight excluding hydrogens is 388 g/mol. The third-order valence-corrected chi connectivity index (χ3v) is 5.18. The summed E-state index contributed by atoms with van der Waals surface area (Å²) in [6, 6.07) is 14.3. The van der Waals surface area contributed by atoms with E-state index in [0.717, 1.165) is 31.2 Å². The number of nitrogens with one attached hydrogen (secondary N) is 2. The van der Waals surface area contributed by atoms with E-state index in [9.17, 15) is 0 Å². The van der Waals surface area contributed by atoms with Crippen LogP contribution in [-0.4, -0.2) is 33.9 Å². The Labute approximate surface area is 183 Å². The molecule has 1 aromatic carbocycles. The highest BCUT2D eigenvalue weighted by atomic mass is 16.5. The maximum atomic E-state index is 5.79. The first-order valence-electron chi connectivity index (χ1n) is 10.9. The molecule has 0 atom stereocenters. The van der Waals surface area contributed by atoms with Crippen molar-refractivity contribution in [1.29, 1.82) is 0 Å². The number of hydrogen-bond acceptors (Lipinski definition) is 4. The van der Waals surface area contributed by atoms with E-state index in [1.807, 2.05) is 29.1 Å². The Hall–Kier alpha value is -3.35. The second kappa shape index (κ2) is 10.6. The summed E-state index contributed by atoms with van der Waals surface area (Å²) in [6.07, 6.45) is 8.11. The molecule has 0 bridgehead atoms. The summed E-state index contributed by atoms with van der Waals surface area (Å²) in [6.45, 7) is 5.63. The van der Waals surface area contributed by atoms with Crippen LogP contribution in [-0.2, 0) is 19.6 Å². The molecule has 1 aliphatic rings. The summed E-state index contributed by atoms with van der Waals surface area (Å²) in [5.41, 5.74) is 3.54.